The summed E-state index contributed by atoms with van der Waals surface area (Å²) in [6, 6.07) is 0. The van der Waals surface area contributed by atoms with E-state index in [2.05, 4.69) is 5.16 Å². The fraction of sp³-hybridized carbons (Fsp3) is 0.600. The molecule has 52 valence electrons. The summed E-state index contributed by atoms with van der Waals surface area (Å²) >= 11 is 0. The zero-order valence-electron chi connectivity index (χ0n) is 5.16. The molecule has 0 rings (SSSR count). The number of carboxylic acids is 1. The molecule has 0 aliphatic carbocycles. The minimum atomic E-state index is -1.15. The smallest absolute Gasteiger partial charge is 0.353 e. The molecule has 0 fully saturated rings. The summed E-state index contributed by atoms with van der Waals surface area (Å²) in [6.07, 6.45) is 0.984. The van der Waals surface area contributed by atoms with Crippen LogP contribution < -0.4 is 0 Å². The van der Waals surface area contributed by atoms with Crippen LogP contribution in [0, 0.1) is 0 Å². The minimum Gasteiger partial charge on any atom is -0.477 e. The Bertz CT molecular complexity index is 130. The van der Waals surface area contributed by atoms with Gasteiger partial charge in [-0.25, -0.2) is 4.79 Å². The summed E-state index contributed by atoms with van der Waals surface area (Å²) in [5.74, 6) is -1.15. The molecule has 0 amide bonds. The van der Waals surface area contributed by atoms with Crippen LogP contribution in [0.15, 0.2) is 5.16 Å². The third-order valence-corrected chi connectivity index (χ3v) is 0.854. The van der Waals surface area contributed by atoms with Crippen molar-refractivity contribution in [1.82, 2.24) is 0 Å². The largest absolute Gasteiger partial charge is 0.477 e. The van der Waals surface area contributed by atoms with Crippen molar-refractivity contribution in [3.8, 4) is 0 Å². The molecule has 0 aromatic heterocycles. The first kappa shape index (κ1) is 7.94. The lowest BCUT2D eigenvalue weighted by Gasteiger charge is -1.91. The molecule has 0 atom stereocenters. The van der Waals surface area contributed by atoms with Crippen molar-refractivity contribution >= 4 is 11.7 Å². The standard InChI is InChI=1S/C5H9NO3/c1-2-3-4(6-9)5(7)8/h9H,2-3H2,1H3,(H,7,8). The molecule has 0 unspecified atom stereocenters. The average molecular weight is 131 g/mol. The van der Waals surface area contributed by atoms with Gasteiger partial charge < -0.3 is 10.3 Å². The highest BCUT2D eigenvalue weighted by molar-refractivity contribution is 6.35. The topological polar surface area (TPSA) is 69.9 Å². The van der Waals surface area contributed by atoms with E-state index in [1.165, 1.54) is 0 Å². The van der Waals surface area contributed by atoms with E-state index in [0.717, 1.165) is 0 Å². The second kappa shape index (κ2) is 3.88. The molecular weight excluding hydrogens is 122 g/mol. The van der Waals surface area contributed by atoms with Crippen molar-refractivity contribution in [2.75, 3.05) is 0 Å². The molecule has 4 nitrogen and oxygen atoms in total. The fourth-order valence-electron chi connectivity index (χ4n) is 0.437. The number of hydrogen-bond acceptors (Lipinski definition) is 3. The Morgan fingerprint density at radius 2 is 2.22 bits per heavy atom. The highest BCUT2D eigenvalue weighted by Crippen LogP contribution is 1.90. The zero-order valence-corrected chi connectivity index (χ0v) is 5.16. The average Bonchev–Trinajstić information content (AvgIpc) is 1.82. The minimum absolute atomic E-state index is 0.183. The van der Waals surface area contributed by atoms with Crippen LogP contribution in [0.4, 0.5) is 0 Å². The van der Waals surface area contributed by atoms with Crippen molar-refractivity contribution in [1.29, 1.82) is 0 Å². The Kier molecular flexibility index (Phi) is 3.43. The van der Waals surface area contributed by atoms with Gasteiger partial charge in [-0.2, -0.15) is 0 Å². The number of aliphatic carboxylic acids is 1. The van der Waals surface area contributed by atoms with Crippen LogP contribution in [-0.2, 0) is 4.79 Å². The maximum Gasteiger partial charge on any atom is 0.353 e. The summed E-state index contributed by atoms with van der Waals surface area (Å²) in [5.41, 5.74) is -0.183. The molecule has 0 aromatic carbocycles. The second-order valence-electron chi connectivity index (χ2n) is 1.60. The Labute approximate surface area is 52.8 Å². The number of carbonyl (C=O) groups is 1. The van der Waals surface area contributed by atoms with Gasteiger partial charge in [0.05, 0.1) is 0 Å². The van der Waals surface area contributed by atoms with Gasteiger partial charge in [0, 0.05) is 6.42 Å². The van der Waals surface area contributed by atoms with Gasteiger partial charge in [0.2, 0.25) is 0 Å². The van der Waals surface area contributed by atoms with E-state index in [0.29, 0.717) is 12.8 Å². The van der Waals surface area contributed by atoms with Gasteiger partial charge in [0.25, 0.3) is 0 Å². The highest BCUT2D eigenvalue weighted by Gasteiger charge is 2.06. The van der Waals surface area contributed by atoms with Gasteiger partial charge in [0.15, 0.2) is 5.71 Å². The van der Waals surface area contributed by atoms with Crippen molar-refractivity contribution < 1.29 is 15.1 Å². The lowest BCUT2D eigenvalue weighted by molar-refractivity contribution is -0.129. The van der Waals surface area contributed by atoms with Gasteiger partial charge in [0.1, 0.15) is 0 Å². The Hall–Kier alpha value is -1.06. The zero-order chi connectivity index (χ0) is 7.28. The SMILES string of the molecule is CCCC(=NO)C(=O)O. The monoisotopic (exact) mass is 131 g/mol. The molecule has 0 saturated heterocycles. The first-order valence-electron chi connectivity index (χ1n) is 2.66. The number of oxime groups is 1. The van der Waals surface area contributed by atoms with E-state index in [4.69, 9.17) is 10.3 Å². The third kappa shape index (κ3) is 2.69. The van der Waals surface area contributed by atoms with Crippen LogP contribution in [0.5, 0.6) is 0 Å². The Balaban J connectivity index is 3.85. The maximum absolute atomic E-state index is 10.0. The predicted molar refractivity (Wildman–Crippen MR) is 31.8 cm³/mol. The maximum atomic E-state index is 10.0. The molecule has 0 aliphatic rings. The number of rotatable bonds is 3. The molecule has 4 heteroatoms. The van der Waals surface area contributed by atoms with Crippen LogP contribution >= 0.6 is 0 Å². The summed E-state index contributed by atoms with van der Waals surface area (Å²) in [6.45, 7) is 1.81. The van der Waals surface area contributed by atoms with E-state index < -0.39 is 5.97 Å². The molecule has 0 heterocycles. The van der Waals surface area contributed by atoms with Crippen LogP contribution in [0.2, 0.25) is 0 Å². The number of nitrogens with zero attached hydrogens (tertiary/aromatic N) is 1. The van der Waals surface area contributed by atoms with E-state index >= 15 is 0 Å². The molecule has 2 N–H and O–H groups in total. The van der Waals surface area contributed by atoms with Crippen LogP contribution in [-0.4, -0.2) is 22.0 Å². The van der Waals surface area contributed by atoms with Crippen molar-refractivity contribution in [3.05, 3.63) is 0 Å². The van der Waals surface area contributed by atoms with E-state index in [9.17, 15) is 4.79 Å². The molecule has 9 heavy (non-hydrogen) atoms. The summed E-state index contributed by atoms with van der Waals surface area (Å²) < 4.78 is 0. The lowest BCUT2D eigenvalue weighted by Crippen LogP contribution is -2.11. The van der Waals surface area contributed by atoms with Gasteiger partial charge in [-0.05, 0) is 0 Å². The van der Waals surface area contributed by atoms with Crippen molar-refractivity contribution in [2.45, 2.75) is 19.8 Å². The van der Waals surface area contributed by atoms with Crippen LogP contribution in [0.3, 0.4) is 0 Å². The van der Waals surface area contributed by atoms with Gasteiger partial charge >= 0.3 is 5.97 Å². The quantitative estimate of drug-likeness (QED) is 0.336. The molecule has 0 bridgehead atoms. The van der Waals surface area contributed by atoms with Crippen molar-refractivity contribution in [2.24, 2.45) is 5.16 Å². The first-order chi connectivity index (χ1) is 4.22. The highest BCUT2D eigenvalue weighted by atomic mass is 16.4. The van der Waals surface area contributed by atoms with Gasteiger partial charge in [-0.3, -0.25) is 0 Å². The lowest BCUT2D eigenvalue weighted by atomic mass is 10.2. The first-order valence-corrected chi connectivity index (χ1v) is 2.66. The third-order valence-electron chi connectivity index (χ3n) is 0.854. The molecule has 0 spiro atoms. The van der Waals surface area contributed by atoms with E-state index in [-0.39, 0.29) is 5.71 Å². The summed E-state index contributed by atoms with van der Waals surface area (Å²) in [4.78, 5) is 10.0. The summed E-state index contributed by atoms with van der Waals surface area (Å²) in [7, 11) is 0. The summed E-state index contributed by atoms with van der Waals surface area (Å²) in [5, 5.41) is 18.8. The molecule has 0 radical (unpaired) electrons. The fourth-order valence-corrected chi connectivity index (χ4v) is 0.437. The van der Waals surface area contributed by atoms with E-state index in [1.807, 2.05) is 6.92 Å². The molecule has 0 aliphatic heterocycles. The van der Waals surface area contributed by atoms with E-state index in [1.54, 1.807) is 0 Å². The molecular formula is C5H9NO3. The second-order valence-corrected chi connectivity index (χ2v) is 1.60. The predicted octanol–water partition coefficient (Wildman–Crippen LogP) is 0.701. The normalized spacial score (nSPS) is 11.4. The Morgan fingerprint density at radius 1 is 1.67 bits per heavy atom. The molecule has 0 saturated carbocycles. The van der Waals surface area contributed by atoms with Gasteiger partial charge in [-0.15, -0.1) is 0 Å². The van der Waals surface area contributed by atoms with Gasteiger partial charge in [-0.1, -0.05) is 18.5 Å². The van der Waals surface area contributed by atoms with Crippen molar-refractivity contribution in [3.63, 3.8) is 0 Å². The van der Waals surface area contributed by atoms with Crippen LogP contribution in [0.25, 0.3) is 0 Å². The number of carboxylic acid groups (broad SMARTS) is 1. The van der Waals surface area contributed by atoms with Crippen LogP contribution in [0.1, 0.15) is 19.8 Å². The number of hydrogen-bond donors (Lipinski definition) is 2. The Morgan fingerprint density at radius 3 is 2.33 bits per heavy atom. The molecule has 0 aromatic rings.